The van der Waals surface area contributed by atoms with Crippen LogP contribution < -0.4 is 10.2 Å². The number of aryl methyl sites for hydroxylation is 1. The quantitative estimate of drug-likeness (QED) is 0.666. The lowest BCUT2D eigenvalue weighted by molar-refractivity contribution is -0.674. The monoisotopic (exact) mass is 382 g/mol. The van der Waals surface area contributed by atoms with E-state index in [4.69, 9.17) is 11.6 Å². The van der Waals surface area contributed by atoms with Gasteiger partial charge in [-0.2, -0.15) is 0 Å². The summed E-state index contributed by atoms with van der Waals surface area (Å²) >= 11 is 6.06. The molecule has 3 aromatic rings. The van der Waals surface area contributed by atoms with Crippen molar-refractivity contribution in [3.05, 3.63) is 64.8 Å². The minimum atomic E-state index is -0.374. The van der Waals surface area contributed by atoms with Crippen molar-refractivity contribution in [2.45, 2.75) is 25.8 Å². The molecule has 0 unspecified atom stereocenters. The number of carbonyl (C=O) groups excluding carboxylic acids is 2. The number of para-hydroxylation sites is 1. The fourth-order valence-corrected chi connectivity index (χ4v) is 3.86. The van der Waals surface area contributed by atoms with Gasteiger partial charge in [-0.25, -0.2) is 4.90 Å². The summed E-state index contributed by atoms with van der Waals surface area (Å²) in [5, 5.41) is 3.70. The second kappa shape index (κ2) is 7.18. The van der Waals surface area contributed by atoms with Crippen molar-refractivity contribution in [2.24, 2.45) is 0 Å². The molecule has 0 aliphatic carbocycles. The molecule has 2 amide bonds. The molecule has 1 fully saturated rings. The Morgan fingerprint density at radius 2 is 2.04 bits per heavy atom. The van der Waals surface area contributed by atoms with Crippen LogP contribution in [0, 0.1) is 6.92 Å². The standard InChI is InChI=1S/C21H20ClN3O2/c1-13-6-7-15(22)10-19(13)25-20(26)11-18(21(25)27)23-9-8-14-12-24-17-5-3-2-4-16(14)17/h2-7,10,12,18,23-24H,8-9,11H2,1H3/p+1/t18-/m1/s1. The lowest BCUT2D eigenvalue weighted by Crippen LogP contribution is -2.92. The van der Waals surface area contributed by atoms with E-state index in [1.165, 1.54) is 15.8 Å². The van der Waals surface area contributed by atoms with Crippen LogP contribution in [0.5, 0.6) is 0 Å². The number of imide groups is 1. The largest absolute Gasteiger partial charge is 0.361 e. The Hall–Kier alpha value is -2.63. The van der Waals surface area contributed by atoms with Gasteiger partial charge in [0, 0.05) is 28.5 Å². The second-order valence-electron chi connectivity index (χ2n) is 6.94. The number of nitrogens with one attached hydrogen (secondary N) is 1. The molecule has 0 radical (unpaired) electrons. The van der Waals surface area contributed by atoms with Gasteiger partial charge in [-0.3, -0.25) is 9.59 Å². The van der Waals surface area contributed by atoms with E-state index >= 15 is 0 Å². The van der Waals surface area contributed by atoms with Crippen LogP contribution in [0.1, 0.15) is 17.5 Å². The third-order valence-corrected chi connectivity index (χ3v) is 5.37. The van der Waals surface area contributed by atoms with E-state index in [1.807, 2.05) is 42.7 Å². The van der Waals surface area contributed by atoms with Gasteiger partial charge in [0.05, 0.1) is 18.7 Å². The van der Waals surface area contributed by atoms with Gasteiger partial charge < -0.3 is 10.3 Å². The van der Waals surface area contributed by atoms with Crippen molar-refractivity contribution in [1.29, 1.82) is 0 Å². The van der Waals surface area contributed by atoms with E-state index in [1.54, 1.807) is 12.1 Å². The number of hydrogen-bond acceptors (Lipinski definition) is 2. The number of carbonyl (C=O) groups is 2. The van der Waals surface area contributed by atoms with E-state index in [0.29, 0.717) is 10.7 Å². The highest BCUT2D eigenvalue weighted by molar-refractivity contribution is 6.31. The zero-order chi connectivity index (χ0) is 19.0. The maximum atomic E-state index is 12.8. The molecule has 5 nitrogen and oxygen atoms in total. The zero-order valence-corrected chi connectivity index (χ0v) is 15.8. The summed E-state index contributed by atoms with van der Waals surface area (Å²) in [7, 11) is 0. The number of quaternary nitrogens is 1. The fraction of sp³-hybridized carbons (Fsp3) is 0.238. The highest BCUT2D eigenvalue weighted by Gasteiger charge is 2.42. The van der Waals surface area contributed by atoms with E-state index in [2.05, 4.69) is 11.1 Å². The molecule has 2 heterocycles. The molecule has 2 aromatic carbocycles. The van der Waals surface area contributed by atoms with Gasteiger partial charge in [-0.15, -0.1) is 0 Å². The van der Waals surface area contributed by atoms with E-state index < -0.39 is 0 Å². The number of nitrogens with two attached hydrogens (primary N) is 1. The predicted molar refractivity (Wildman–Crippen MR) is 106 cm³/mol. The molecule has 27 heavy (non-hydrogen) atoms. The Morgan fingerprint density at radius 3 is 2.89 bits per heavy atom. The molecule has 1 saturated heterocycles. The third kappa shape index (κ3) is 3.36. The first-order valence-electron chi connectivity index (χ1n) is 9.06. The Bertz CT molecular complexity index is 1030. The van der Waals surface area contributed by atoms with Crippen LogP contribution in [0.4, 0.5) is 5.69 Å². The highest BCUT2D eigenvalue weighted by Crippen LogP contribution is 2.28. The van der Waals surface area contributed by atoms with Crippen LogP contribution in [0.15, 0.2) is 48.7 Å². The van der Waals surface area contributed by atoms with Crippen molar-refractivity contribution in [3.63, 3.8) is 0 Å². The van der Waals surface area contributed by atoms with Gasteiger partial charge in [-0.05, 0) is 36.2 Å². The minimum absolute atomic E-state index is 0.163. The number of halogens is 1. The van der Waals surface area contributed by atoms with Crippen LogP contribution in [0.2, 0.25) is 5.02 Å². The molecule has 6 heteroatoms. The lowest BCUT2D eigenvalue weighted by Gasteiger charge is -2.17. The Kier molecular flexibility index (Phi) is 4.72. The van der Waals surface area contributed by atoms with Crippen molar-refractivity contribution in [1.82, 2.24) is 4.98 Å². The number of aromatic amines is 1. The number of H-pyrrole nitrogens is 1. The first-order valence-corrected chi connectivity index (χ1v) is 9.43. The van der Waals surface area contributed by atoms with Crippen molar-refractivity contribution < 1.29 is 14.9 Å². The first-order chi connectivity index (χ1) is 13.0. The summed E-state index contributed by atoms with van der Waals surface area (Å²) in [6.45, 7) is 2.62. The number of rotatable bonds is 5. The van der Waals surface area contributed by atoms with Gasteiger partial charge in [0.15, 0.2) is 6.04 Å². The molecule has 1 aliphatic rings. The molecule has 0 bridgehead atoms. The molecule has 138 valence electrons. The molecule has 1 aromatic heterocycles. The van der Waals surface area contributed by atoms with Crippen molar-refractivity contribution in [3.8, 4) is 0 Å². The fourth-order valence-electron chi connectivity index (χ4n) is 3.69. The van der Waals surface area contributed by atoms with E-state index in [0.717, 1.165) is 24.0 Å². The summed E-state index contributed by atoms with van der Waals surface area (Å²) in [4.78, 5) is 29.8. The van der Waals surface area contributed by atoms with E-state index in [9.17, 15) is 9.59 Å². The number of amides is 2. The van der Waals surface area contributed by atoms with Crippen molar-refractivity contribution >= 4 is 40.0 Å². The number of aromatic nitrogens is 1. The maximum Gasteiger partial charge on any atom is 0.292 e. The summed E-state index contributed by atoms with van der Waals surface area (Å²) in [5.41, 5.74) is 3.79. The number of nitrogens with zero attached hydrogens (tertiary/aromatic N) is 1. The molecular formula is C21H21ClN3O2+. The average molecular weight is 383 g/mol. The van der Waals surface area contributed by atoms with Crippen LogP contribution in [-0.2, 0) is 16.0 Å². The smallest absolute Gasteiger partial charge is 0.292 e. The summed E-state index contributed by atoms with van der Waals surface area (Å²) in [6.07, 6.45) is 3.07. The molecule has 0 spiro atoms. The predicted octanol–water partition coefficient (Wildman–Crippen LogP) is 2.57. The highest BCUT2D eigenvalue weighted by atomic mass is 35.5. The SMILES string of the molecule is Cc1ccc(Cl)cc1N1C(=O)C[C@@H]([NH2+]CCc2c[nH]c3ccccc23)C1=O. The Balaban J connectivity index is 1.44. The van der Waals surface area contributed by atoms with Crippen molar-refractivity contribution in [2.75, 3.05) is 11.4 Å². The number of benzene rings is 2. The summed E-state index contributed by atoms with van der Waals surface area (Å²) in [6, 6.07) is 13.1. The maximum absolute atomic E-state index is 12.8. The van der Waals surface area contributed by atoms with Crippen LogP contribution in [0.3, 0.4) is 0 Å². The van der Waals surface area contributed by atoms with Gasteiger partial charge >= 0.3 is 0 Å². The molecule has 1 aliphatic heterocycles. The lowest BCUT2D eigenvalue weighted by atomic mass is 10.1. The zero-order valence-electron chi connectivity index (χ0n) is 15.0. The van der Waals surface area contributed by atoms with Crippen LogP contribution >= 0.6 is 11.6 Å². The number of anilines is 1. The van der Waals surface area contributed by atoms with Crippen LogP contribution in [-0.4, -0.2) is 29.4 Å². The van der Waals surface area contributed by atoms with Gasteiger partial charge in [0.25, 0.3) is 5.91 Å². The average Bonchev–Trinajstić information content (AvgIpc) is 3.19. The van der Waals surface area contributed by atoms with Gasteiger partial charge in [0.1, 0.15) is 0 Å². The molecule has 1 atom stereocenters. The topological polar surface area (TPSA) is 69.8 Å². The molecule has 0 saturated carbocycles. The Labute approximate surface area is 162 Å². The molecular weight excluding hydrogens is 362 g/mol. The number of fused-ring (bicyclic) bond motifs is 1. The molecule has 4 rings (SSSR count). The third-order valence-electron chi connectivity index (χ3n) is 5.13. The molecule has 3 N–H and O–H groups in total. The summed E-state index contributed by atoms with van der Waals surface area (Å²) in [5.74, 6) is -0.331. The normalized spacial score (nSPS) is 17.3. The summed E-state index contributed by atoms with van der Waals surface area (Å²) < 4.78 is 0. The van der Waals surface area contributed by atoms with Gasteiger partial charge in [-0.1, -0.05) is 35.9 Å². The van der Waals surface area contributed by atoms with E-state index in [-0.39, 0.29) is 24.3 Å². The van der Waals surface area contributed by atoms with Gasteiger partial charge in [0.2, 0.25) is 5.91 Å². The second-order valence-corrected chi connectivity index (χ2v) is 7.38. The number of hydrogen-bond donors (Lipinski definition) is 2. The minimum Gasteiger partial charge on any atom is -0.361 e. The first kappa shape index (κ1) is 17.8. The van der Waals surface area contributed by atoms with Crippen LogP contribution in [0.25, 0.3) is 10.9 Å². The Morgan fingerprint density at radius 1 is 1.22 bits per heavy atom.